The highest BCUT2D eigenvalue weighted by Gasteiger charge is 2.35. The van der Waals surface area contributed by atoms with E-state index in [1.165, 1.54) is 134 Å². The van der Waals surface area contributed by atoms with Crippen LogP contribution in [0.25, 0.3) is 0 Å². The van der Waals surface area contributed by atoms with E-state index in [1.54, 1.807) is 50.3 Å². The summed E-state index contributed by atoms with van der Waals surface area (Å²) in [6.45, 7) is 10.4. The van der Waals surface area contributed by atoms with E-state index >= 15 is 0 Å². The number of benzene rings is 1. The summed E-state index contributed by atoms with van der Waals surface area (Å²) in [6.07, 6.45) is 48.3. The van der Waals surface area contributed by atoms with Crippen molar-refractivity contribution in [1.29, 1.82) is 0 Å². The molecular weight excluding hydrogens is 749 g/mol. The van der Waals surface area contributed by atoms with Crippen molar-refractivity contribution in [1.82, 2.24) is 4.57 Å². The van der Waals surface area contributed by atoms with Gasteiger partial charge in [-0.2, -0.15) is 0 Å². The van der Waals surface area contributed by atoms with E-state index in [0.717, 1.165) is 6.54 Å². The van der Waals surface area contributed by atoms with Crippen molar-refractivity contribution >= 4 is 21.8 Å². The maximum atomic E-state index is 9.75. The Morgan fingerprint density at radius 1 is 0.464 bits per heavy atom. The topological polar surface area (TPSA) is 8.81 Å². The summed E-state index contributed by atoms with van der Waals surface area (Å²) in [5.41, 5.74) is 1.33. The highest BCUT2D eigenvalue weighted by atomic mass is 31.2. The lowest BCUT2D eigenvalue weighted by molar-refractivity contribution is -0.671. The molecule has 0 amide bonds. The average Bonchev–Trinajstić information content (AvgIpc) is 3.54. The molecule has 1 aromatic carbocycles. The van der Waals surface area contributed by atoms with E-state index in [0.29, 0.717) is 0 Å². The molecule has 56 heavy (non-hydrogen) atoms. The molecule has 1 heterocycles. The number of hydrogen-bond acceptors (Lipinski definition) is 0. The summed E-state index contributed by atoms with van der Waals surface area (Å²) in [5, 5.41) is 0. The quantitative estimate of drug-likeness (QED) is 0.0244. The van der Waals surface area contributed by atoms with Crippen LogP contribution >= 0.6 is 7.26 Å². The number of aryl methyl sites for hydroxylation is 1. The molecule has 0 saturated heterocycles. The molecule has 2 rings (SSSR count). The van der Waals surface area contributed by atoms with E-state index in [2.05, 4.69) is 69.1 Å². The first-order chi connectivity index (χ1) is 26.6. The van der Waals surface area contributed by atoms with Gasteiger partial charge in [0.2, 0.25) is 6.33 Å². The predicted octanol–water partition coefficient (Wildman–Crippen LogP) is 16.4. The molecule has 2 nitrogen and oxygen atoms in total. The lowest BCUT2D eigenvalue weighted by Crippen LogP contribution is -2.23. The van der Waals surface area contributed by atoms with Crippen LogP contribution < -0.4 is 4.57 Å². The fraction of sp³-hybridized carbons (Fsp3) is 0.791. The van der Waals surface area contributed by atoms with E-state index in [9.17, 15) is 34.5 Å². The van der Waals surface area contributed by atoms with Gasteiger partial charge in [-0.15, -0.1) is 0 Å². The highest BCUT2D eigenvalue weighted by molar-refractivity contribution is 7.75. The maximum Gasteiger partial charge on any atom is 0.673 e. The zero-order valence-corrected chi connectivity index (χ0v) is 37.0. The van der Waals surface area contributed by atoms with Crippen molar-refractivity contribution in [3.8, 4) is 0 Å². The minimum atomic E-state index is -6.00. The minimum Gasteiger partial charge on any atom is -0.418 e. The Morgan fingerprint density at radius 3 is 1.04 bits per heavy atom. The Balaban J connectivity index is 0. The van der Waals surface area contributed by atoms with Crippen LogP contribution in [0.3, 0.4) is 0 Å². The Morgan fingerprint density at radius 2 is 0.750 bits per heavy atom. The smallest absolute Gasteiger partial charge is 0.418 e. The monoisotopic (exact) mass is 831 g/mol. The summed E-state index contributed by atoms with van der Waals surface area (Å²) in [7, 11) is -10.7. The number of imidazole rings is 1. The first-order valence-corrected chi connectivity index (χ1v) is 24.8. The van der Waals surface area contributed by atoms with Crippen LogP contribution in [0, 0.1) is 0 Å². The second kappa shape index (κ2) is 37.7. The van der Waals surface area contributed by atoms with Crippen LogP contribution in [-0.2, 0) is 13.6 Å². The Labute approximate surface area is 339 Å². The van der Waals surface area contributed by atoms with Gasteiger partial charge in [-0.1, -0.05) is 161 Å². The third-order valence-electron chi connectivity index (χ3n) is 9.98. The molecule has 0 spiro atoms. The summed E-state index contributed by atoms with van der Waals surface area (Å²) in [5.74, 6) is 0. The molecule has 0 aliphatic rings. The Kier molecular flexibility index (Phi) is 38.0. The van der Waals surface area contributed by atoms with Gasteiger partial charge in [0, 0.05) is 7.26 Å². The number of aromatic nitrogens is 2. The number of unbranched alkanes of at least 4 members (excludes halogenated alkanes) is 20. The molecule has 0 fully saturated rings. The normalized spacial score (nSPS) is 11.6. The third kappa shape index (κ3) is 45.1. The van der Waals surface area contributed by atoms with Crippen LogP contribution in [0.4, 0.5) is 34.5 Å². The summed E-state index contributed by atoms with van der Waals surface area (Å²) in [6, 6.07) is 10.5. The fourth-order valence-corrected chi connectivity index (χ4v) is 11.9. The first kappa shape index (κ1) is 56.5. The number of rotatable bonds is 30. The van der Waals surface area contributed by atoms with Gasteiger partial charge < -0.3 is 34.5 Å². The molecule has 0 unspecified atom stereocenters. The lowest BCUT2D eigenvalue weighted by Gasteiger charge is -2.28. The second-order valence-corrected chi connectivity index (χ2v) is 20.0. The van der Waals surface area contributed by atoms with E-state index in [-0.39, 0.29) is 0 Å². The fourth-order valence-electron chi connectivity index (χ4n) is 6.97. The van der Waals surface area contributed by atoms with E-state index in [4.69, 9.17) is 0 Å². The van der Waals surface area contributed by atoms with Crippen LogP contribution in [0.15, 0.2) is 49.1 Å². The van der Waals surface area contributed by atoms with Gasteiger partial charge in [0.25, 0.3) is 0 Å². The zero-order chi connectivity index (χ0) is 42.4. The van der Waals surface area contributed by atoms with Gasteiger partial charge in [-0.05, 0) is 56.9 Å². The van der Waals surface area contributed by atoms with Crippen molar-refractivity contribution in [2.45, 2.75) is 188 Å². The number of halogens is 8. The molecule has 0 bridgehead atoms. The van der Waals surface area contributed by atoms with Crippen LogP contribution in [0.5, 0.6) is 0 Å². The van der Waals surface area contributed by atoms with E-state index in [1.807, 2.05) is 23.9 Å². The van der Waals surface area contributed by atoms with Gasteiger partial charge in [-0.25, -0.2) is 9.13 Å². The molecule has 0 radical (unpaired) electrons. The molecule has 2 aromatic rings. The SMILES string of the molecule is CCCCCCCCCCCCCC[P+](CCCCCC)(CCCCCC)CCCCCC.C[n+]1ccn(Cc2ccccc2)c1.F[B-](F)(F)F.F[B-](F)(F)F. The Bertz CT molecular complexity index is 1030. The van der Waals surface area contributed by atoms with Gasteiger partial charge in [0.15, 0.2) is 0 Å². The van der Waals surface area contributed by atoms with E-state index < -0.39 is 21.8 Å². The minimum absolute atomic E-state index is 0.697. The molecule has 0 saturated carbocycles. The first-order valence-electron chi connectivity index (χ1n) is 22.2. The van der Waals surface area contributed by atoms with Crippen molar-refractivity contribution < 1.29 is 39.1 Å². The molecule has 0 aliphatic carbocycles. The predicted molar refractivity (Wildman–Crippen MR) is 231 cm³/mol. The molecular formula is C43H81B2F8N2P. The Hall–Kier alpha value is -1.57. The lowest BCUT2D eigenvalue weighted by atomic mass is 10.1. The molecule has 0 N–H and O–H groups in total. The maximum absolute atomic E-state index is 9.75. The van der Waals surface area contributed by atoms with Gasteiger partial charge in [-0.3, -0.25) is 0 Å². The third-order valence-corrected chi connectivity index (χ3v) is 15.0. The summed E-state index contributed by atoms with van der Waals surface area (Å²) >= 11 is 0. The molecule has 0 aliphatic heterocycles. The zero-order valence-electron chi connectivity index (χ0n) is 36.1. The average molecular weight is 831 g/mol. The van der Waals surface area contributed by atoms with Gasteiger partial charge in [0.1, 0.15) is 18.9 Å². The standard InChI is InChI=1S/C32H68P.C11H13N2.2BF4/c1-5-9-13-17-18-19-20-21-22-23-24-28-32-33(29-25-14-10-6-2,30-26-15-11-7-3)31-27-16-12-8-4;1-12-7-8-13(10-12)9-11-5-3-2-4-6-11;2*2-1(3,4)5/h5-32H2,1-4H3;2-8,10H,9H2,1H3;;/q2*+1;2*-1. The largest absolute Gasteiger partial charge is 0.673 e. The summed E-state index contributed by atoms with van der Waals surface area (Å²) in [4.78, 5) is 0. The van der Waals surface area contributed by atoms with Gasteiger partial charge in [0.05, 0.1) is 31.7 Å². The second-order valence-electron chi connectivity index (χ2n) is 15.5. The van der Waals surface area contributed by atoms with Crippen LogP contribution in [0.2, 0.25) is 0 Å². The summed E-state index contributed by atoms with van der Waals surface area (Å²) < 4.78 is 82.2. The molecule has 0 atom stereocenters. The molecule has 13 heteroatoms. The van der Waals surface area contributed by atoms with Gasteiger partial charge >= 0.3 is 14.5 Å². The number of nitrogens with zero attached hydrogens (tertiary/aromatic N) is 2. The molecule has 1 aromatic heterocycles. The number of hydrogen-bond donors (Lipinski definition) is 0. The van der Waals surface area contributed by atoms with Crippen molar-refractivity contribution in [2.24, 2.45) is 7.05 Å². The van der Waals surface area contributed by atoms with Crippen LogP contribution in [0.1, 0.15) is 187 Å². The van der Waals surface area contributed by atoms with Crippen molar-refractivity contribution in [3.63, 3.8) is 0 Å². The van der Waals surface area contributed by atoms with Crippen LogP contribution in [-0.4, -0.2) is 43.7 Å². The highest BCUT2D eigenvalue weighted by Crippen LogP contribution is 2.61. The van der Waals surface area contributed by atoms with Crippen molar-refractivity contribution in [3.05, 3.63) is 54.6 Å². The van der Waals surface area contributed by atoms with Crippen molar-refractivity contribution in [2.75, 3.05) is 24.6 Å². The molecule has 330 valence electrons.